The molecule has 0 bridgehead atoms. The number of amides is 2. The first-order valence-electron chi connectivity index (χ1n) is 7.30. The van der Waals surface area contributed by atoms with Crippen molar-refractivity contribution in [1.82, 2.24) is 14.8 Å². The number of hydrogen-bond donors (Lipinski definition) is 0. The van der Waals surface area contributed by atoms with Crippen molar-refractivity contribution >= 4 is 23.3 Å². The summed E-state index contributed by atoms with van der Waals surface area (Å²) in [5.74, 6) is 0.0312. The number of carbonyl (C=O) groups excluding carboxylic acids is 2. The van der Waals surface area contributed by atoms with Gasteiger partial charge in [-0.2, -0.15) is 0 Å². The van der Waals surface area contributed by atoms with Crippen LogP contribution in [-0.4, -0.2) is 58.7 Å². The van der Waals surface area contributed by atoms with Gasteiger partial charge in [0, 0.05) is 18.3 Å². The largest absolute Gasteiger partial charge is 0.447 e. The number of rotatable bonds is 4. The molecule has 120 valence electrons. The monoisotopic (exact) mass is 327 g/mol. The zero-order valence-corrected chi connectivity index (χ0v) is 13.1. The fourth-order valence-corrected chi connectivity index (χ4v) is 3.83. The van der Waals surface area contributed by atoms with Crippen LogP contribution >= 0.6 is 11.3 Å². The minimum atomic E-state index is -0.693. The maximum Gasteiger partial charge on any atom is 0.410 e. The molecular formula is C14H18FN3O3S. The van der Waals surface area contributed by atoms with Gasteiger partial charge in [-0.3, -0.25) is 4.79 Å². The van der Waals surface area contributed by atoms with Gasteiger partial charge in [0.25, 0.3) is 0 Å². The first kappa shape index (κ1) is 15.2. The lowest BCUT2D eigenvalue weighted by Crippen LogP contribution is -2.40. The van der Waals surface area contributed by atoms with E-state index in [1.165, 1.54) is 0 Å². The molecule has 2 aliphatic rings. The maximum absolute atomic E-state index is 12.2. The highest BCUT2D eigenvalue weighted by Gasteiger charge is 2.48. The highest BCUT2D eigenvalue weighted by Crippen LogP contribution is 2.34. The minimum Gasteiger partial charge on any atom is -0.447 e. The molecule has 0 unspecified atom stereocenters. The lowest BCUT2D eigenvalue weighted by Gasteiger charge is -2.24. The number of thiazole rings is 1. The fourth-order valence-electron chi connectivity index (χ4n) is 3.22. The second-order valence-electron chi connectivity index (χ2n) is 5.50. The van der Waals surface area contributed by atoms with Crippen LogP contribution in [0.5, 0.6) is 0 Å². The average molecular weight is 327 g/mol. The number of aromatic nitrogens is 1. The van der Waals surface area contributed by atoms with E-state index < -0.39 is 12.8 Å². The van der Waals surface area contributed by atoms with Gasteiger partial charge in [0.05, 0.1) is 29.3 Å². The van der Waals surface area contributed by atoms with E-state index in [0.29, 0.717) is 19.5 Å². The van der Waals surface area contributed by atoms with Gasteiger partial charge in [0.15, 0.2) is 0 Å². The Hall–Kier alpha value is -1.70. The zero-order valence-electron chi connectivity index (χ0n) is 12.3. The second-order valence-corrected chi connectivity index (χ2v) is 6.57. The molecule has 2 amide bonds. The molecule has 0 N–H and O–H groups in total. The molecule has 1 aromatic heterocycles. The topological polar surface area (TPSA) is 62.7 Å². The van der Waals surface area contributed by atoms with E-state index in [0.717, 1.165) is 17.1 Å². The van der Waals surface area contributed by atoms with E-state index in [1.54, 1.807) is 16.2 Å². The summed E-state index contributed by atoms with van der Waals surface area (Å²) in [4.78, 5) is 31.9. The third-order valence-corrected chi connectivity index (χ3v) is 4.97. The third kappa shape index (κ3) is 2.79. The molecule has 3 rings (SSSR count). The highest BCUT2D eigenvalue weighted by molar-refractivity contribution is 7.09. The Labute approximate surface area is 131 Å². The van der Waals surface area contributed by atoms with Crippen LogP contribution in [-0.2, 0) is 16.1 Å². The lowest BCUT2D eigenvalue weighted by atomic mass is 10.1. The van der Waals surface area contributed by atoms with Crippen LogP contribution in [0, 0.1) is 6.92 Å². The van der Waals surface area contributed by atoms with Gasteiger partial charge in [0.1, 0.15) is 13.3 Å². The molecule has 6 nitrogen and oxygen atoms in total. The van der Waals surface area contributed by atoms with Gasteiger partial charge in [0.2, 0.25) is 5.91 Å². The summed E-state index contributed by atoms with van der Waals surface area (Å²) in [5, 5.41) is 2.93. The van der Waals surface area contributed by atoms with Crippen molar-refractivity contribution in [2.45, 2.75) is 38.4 Å². The predicted octanol–water partition coefficient (Wildman–Crippen LogP) is 1.73. The maximum atomic E-state index is 12.2. The SMILES string of the molecule is Cc1nc(CN2C(=O)C[C@H]3[C@@H]2CCN3C(=O)OCCF)cs1. The standard InChI is InChI=1S/C14H18FN3O3S/c1-9-16-10(8-22-9)7-18-11-2-4-17(12(11)6-13(18)19)14(20)21-5-3-15/h8,11-12H,2-7H2,1H3/t11-,12-/m0/s1. The Kier molecular flexibility index (Phi) is 4.28. The van der Waals surface area contributed by atoms with Crippen LogP contribution in [0.2, 0.25) is 0 Å². The summed E-state index contributed by atoms with van der Waals surface area (Å²) >= 11 is 1.56. The van der Waals surface area contributed by atoms with Gasteiger partial charge >= 0.3 is 6.09 Å². The van der Waals surface area contributed by atoms with Crippen molar-refractivity contribution < 1.29 is 18.7 Å². The number of hydrogen-bond acceptors (Lipinski definition) is 5. The molecule has 22 heavy (non-hydrogen) atoms. The molecule has 0 radical (unpaired) electrons. The van der Waals surface area contributed by atoms with Crippen molar-refractivity contribution in [3.05, 3.63) is 16.1 Å². The normalized spacial score (nSPS) is 24.0. The fraction of sp³-hybridized carbons (Fsp3) is 0.643. The van der Waals surface area contributed by atoms with Crippen LogP contribution in [0.15, 0.2) is 5.38 Å². The molecule has 2 fully saturated rings. The number of nitrogens with zero attached hydrogens (tertiary/aromatic N) is 3. The molecular weight excluding hydrogens is 309 g/mol. The number of ether oxygens (including phenoxy) is 1. The molecule has 0 saturated carbocycles. The average Bonchev–Trinajstić information content (AvgIpc) is 3.15. The quantitative estimate of drug-likeness (QED) is 0.845. The number of alkyl halides is 1. The van der Waals surface area contributed by atoms with Crippen LogP contribution in [0.4, 0.5) is 9.18 Å². The van der Waals surface area contributed by atoms with Crippen molar-refractivity contribution in [2.75, 3.05) is 19.8 Å². The molecule has 2 aliphatic heterocycles. The number of aryl methyl sites for hydroxylation is 1. The summed E-state index contributed by atoms with van der Waals surface area (Å²) in [6, 6.07) is -0.160. The van der Waals surface area contributed by atoms with E-state index in [-0.39, 0.29) is 24.6 Å². The van der Waals surface area contributed by atoms with Crippen LogP contribution < -0.4 is 0 Å². The predicted molar refractivity (Wildman–Crippen MR) is 78.2 cm³/mol. The van der Waals surface area contributed by atoms with Gasteiger partial charge in [-0.05, 0) is 13.3 Å². The number of halogens is 1. The third-order valence-electron chi connectivity index (χ3n) is 4.15. The Bertz CT molecular complexity index is 579. The smallest absolute Gasteiger partial charge is 0.410 e. The summed E-state index contributed by atoms with van der Waals surface area (Å²) in [7, 11) is 0. The highest BCUT2D eigenvalue weighted by atomic mass is 32.1. The minimum absolute atomic E-state index is 0.00688. The van der Waals surface area contributed by atoms with E-state index in [9.17, 15) is 14.0 Å². The van der Waals surface area contributed by atoms with Crippen molar-refractivity contribution in [2.24, 2.45) is 0 Å². The Morgan fingerprint density at radius 3 is 3.05 bits per heavy atom. The second kappa shape index (κ2) is 6.20. The zero-order chi connectivity index (χ0) is 15.7. The van der Waals surface area contributed by atoms with Gasteiger partial charge in [-0.15, -0.1) is 11.3 Å². The first-order valence-corrected chi connectivity index (χ1v) is 8.18. The van der Waals surface area contributed by atoms with Crippen molar-refractivity contribution in [3.63, 3.8) is 0 Å². The molecule has 0 spiro atoms. The molecule has 3 heterocycles. The molecule has 0 aliphatic carbocycles. The van der Waals surface area contributed by atoms with Crippen molar-refractivity contribution in [3.8, 4) is 0 Å². The van der Waals surface area contributed by atoms with Crippen molar-refractivity contribution in [1.29, 1.82) is 0 Å². The molecule has 2 atom stereocenters. The lowest BCUT2D eigenvalue weighted by molar-refractivity contribution is -0.129. The van der Waals surface area contributed by atoms with E-state index in [2.05, 4.69) is 4.98 Å². The number of likely N-dealkylation sites (tertiary alicyclic amines) is 2. The summed E-state index contributed by atoms with van der Waals surface area (Å²) in [6.07, 6.45) is 0.507. The molecule has 0 aromatic carbocycles. The van der Waals surface area contributed by atoms with Crippen LogP contribution in [0.25, 0.3) is 0 Å². The van der Waals surface area contributed by atoms with Crippen LogP contribution in [0.3, 0.4) is 0 Å². The van der Waals surface area contributed by atoms with Gasteiger partial charge in [-0.1, -0.05) is 0 Å². The Morgan fingerprint density at radius 2 is 2.36 bits per heavy atom. The number of fused-ring (bicyclic) bond motifs is 1. The van der Waals surface area contributed by atoms with E-state index in [4.69, 9.17) is 4.74 Å². The summed E-state index contributed by atoms with van der Waals surface area (Å²) < 4.78 is 17.0. The first-order chi connectivity index (χ1) is 10.6. The molecule has 2 saturated heterocycles. The van der Waals surface area contributed by atoms with Gasteiger partial charge in [-0.25, -0.2) is 14.2 Å². The molecule has 8 heteroatoms. The van der Waals surface area contributed by atoms with E-state index in [1.807, 2.05) is 17.2 Å². The Morgan fingerprint density at radius 1 is 1.55 bits per heavy atom. The summed E-state index contributed by atoms with van der Waals surface area (Å²) in [6.45, 7) is 2.03. The van der Waals surface area contributed by atoms with Crippen LogP contribution in [0.1, 0.15) is 23.5 Å². The molecule has 1 aromatic rings. The van der Waals surface area contributed by atoms with Gasteiger partial charge < -0.3 is 14.5 Å². The van der Waals surface area contributed by atoms with E-state index >= 15 is 0 Å². The Balaban J connectivity index is 1.67. The summed E-state index contributed by atoms with van der Waals surface area (Å²) in [5.41, 5.74) is 0.884. The number of carbonyl (C=O) groups is 2.